The molecule has 0 amide bonds. The number of rotatable bonds is 9. The summed E-state index contributed by atoms with van der Waals surface area (Å²) in [4.78, 5) is 2.34. The summed E-state index contributed by atoms with van der Waals surface area (Å²) in [6.07, 6.45) is 4.55. The van der Waals surface area contributed by atoms with Crippen LogP contribution in [0, 0.1) is 12.7 Å². The third-order valence-electron chi connectivity index (χ3n) is 5.46. The minimum absolute atomic E-state index is 0.207. The standard InChI is InChI=1S/C24H33FN2O2/c1-19-9-10-22(25)14-21(19)16-26-15-20-7-6-8-24(13-20)29-18-23(28)17-27-11-4-2-3-5-12-27/h6-10,13-14,23,26,28H,2-5,11-12,15-18H2,1H3/t23-/m1/s1. The average molecular weight is 401 g/mol. The maximum Gasteiger partial charge on any atom is 0.123 e. The summed E-state index contributed by atoms with van der Waals surface area (Å²) in [7, 11) is 0. The van der Waals surface area contributed by atoms with Gasteiger partial charge in [-0.1, -0.05) is 31.0 Å². The summed E-state index contributed by atoms with van der Waals surface area (Å²) in [6, 6.07) is 12.8. The Kier molecular flexibility index (Phi) is 8.47. The highest BCUT2D eigenvalue weighted by Crippen LogP contribution is 2.15. The van der Waals surface area contributed by atoms with Gasteiger partial charge in [0, 0.05) is 19.6 Å². The Balaban J connectivity index is 1.43. The Morgan fingerprint density at radius 3 is 2.66 bits per heavy atom. The lowest BCUT2D eigenvalue weighted by Gasteiger charge is -2.23. The number of hydrogen-bond acceptors (Lipinski definition) is 4. The zero-order valence-electron chi connectivity index (χ0n) is 17.4. The van der Waals surface area contributed by atoms with Gasteiger partial charge in [-0.25, -0.2) is 4.39 Å². The predicted molar refractivity (Wildman–Crippen MR) is 115 cm³/mol. The van der Waals surface area contributed by atoms with Crippen molar-refractivity contribution >= 4 is 0 Å². The molecule has 5 heteroatoms. The summed E-state index contributed by atoms with van der Waals surface area (Å²) in [5.74, 6) is 0.558. The minimum Gasteiger partial charge on any atom is -0.491 e. The molecule has 29 heavy (non-hydrogen) atoms. The number of β-amino-alcohol motifs (C(OH)–C–C–N with tert-alkyl or cyclic N) is 1. The quantitative estimate of drug-likeness (QED) is 0.667. The van der Waals surface area contributed by atoms with E-state index in [1.54, 1.807) is 12.1 Å². The van der Waals surface area contributed by atoms with Crippen LogP contribution in [0.5, 0.6) is 5.75 Å². The number of hydrogen-bond donors (Lipinski definition) is 2. The van der Waals surface area contributed by atoms with Crippen LogP contribution in [0.25, 0.3) is 0 Å². The molecule has 1 aliphatic rings. The molecule has 0 aliphatic carbocycles. The highest BCUT2D eigenvalue weighted by molar-refractivity contribution is 5.29. The van der Waals surface area contributed by atoms with Crippen molar-refractivity contribution in [1.82, 2.24) is 10.2 Å². The van der Waals surface area contributed by atoms with Crippen LogP contribution in [0.3, 0.4) is 0 Å². The molecule has 0 aromatic heterocycles. The molecule has 0 radical (unpaired) electrons. The zero-order valence-corrected chi connectivity index (χ0v) is 17.4. The number of ether oxygens (including phenoxy) is 1. The first-order valence-corrected chi connectivity index (χ1v) is 10.7. The third kappa shape index (κ3) is 7.42. The highest BCUT2D eigenvalue weighted by atomic mass is 19.1. The number of aliphatic hydroxyl groups excluding tert-OH is 1. The zero-order chi connectivity index (χ0) is 20.5. The summed E-state index contributed by atoms with van der Waals surface area (Å²) >= 11 is 0. The number of aliphatic hydroxyl groups is 1. The molecule has 4 nitrogen and oxygen atoms in total. The van der Waals surface area contributed by atoms with E-state index in [0.29, 0.717) is 26.2 Å². The fourth-order valence-electron chi connectivity index (χ4n) is 3.78. The first-order valence-electron chi connectivity index (χ1n) is 10.7. The summed E-state index contributed by atoms with van der Waals surface area (Å²) in [6.45, 7) is 6.39. The van der Waals surface area contributed by atoms with Gasteiger partial charge in [0.2, 0.25) is 0 Å². The molecule has 158 valence electrons. The van der Waals surface area contributed by atoms with E-state index in [1.165, 1.54) is 31.7 Å². The smallest absolute Gasteiger partial charge is 0.123 e. The molecule has 2 N–H and O–H groups in total. The fraction of sp³-hybridized carbons (Fsp3) is 0.500. The lowest BCUT2D eigenvalue weighted by molar-refractivity contribution is 0.0693. The van der Waals surface area contributed by atoms with Crippen molar-refractivity contribution in [1.29, 1.82) is 0 Å². The molecule has 2 aromatic carbocycles. The van der Waals surface area contributed by atoms with Crippen LogP contribution in [-0.2, 0) is 13.1 Å². The number of likely N-dealkylation sites (tertiary alicyclic amines) is 1. The van der Waals surface area contributed by atoms with Gasteiger partial charge < -0.3 is 20.1 Å². The van der Waals surface area contributed by atoms with Crippen molar-refractivity contribution in [3.05, 3.63) is 65.0 Å². The van der Waals surface area contributed by atoms with E-state index in [2.05, 4.69) is 10.2 Å². The normalized spacial score (nSPS) is 16.4. The Hall–Kier alpha value is -1.95. The predicted octanol–water partition coefficient (Wildman–Crippen LogP) is 4.04. The number of benzene rings is 2. The first kappa shape index (κ1) is 21.8. The molecule has 1 heterocycles. The number of halogens is 1. The van der Waals surface area contributed by atoms with Gasteiger partial charge >= 0.3 is 0 Å². The van der Waals surface area contributed by atoms with Crippen molar-refractivity contribution in [2.24, 2.45) is 0 Å². The molecule has 0 saturated carbocycles. The van der Waals surface area contributed by atoms with Crippen LogP contribution in [0.1, 0.15) is 42.4 Å². The van der Waals surface area contributed by atoms with Gasteiger partial charge in [0.1, 0.15) is 24.3 Å². The van der Waals surface area contributed by atoms with Crippen molar-refractivity contribution in [2.45, 2.75) is 51.8 Å². The molecule has 0 unspecified atom stereocenters. The monoisotopic (exact) mass is 400 g/mol. The Labute approximate surface area is 173 Å². The largest absolute Gasteiger partial charge is 0.491 e. The van der Waals surface area contributed by atoms with Gasteiger partial charge in [-0.2, -0.15) is 0 Å². The van der Waals surface area contributed by atoms with Gasteiger partial charge in [-0.15, -0.1) is 0 Å². The van der Waals surface area contributed by atoms with Crippen LogP contribution in [0.4, 0.5) is 4.39 Å². The number of aryl methyl sites for hydroxylation is 1. The Morgan fingerprint density at radius 1 is 1.07 bits per heavy atom. The van der Waals surface area contributed by atoms with Crippen LogP contribution in [-0.4, -0.2) is 42.4 Å². The average Bonchev–Trinajstić information content (AvgIpc) is 2.98. The second kappa shape index (κ2) is 11.3. The second-order valence-corrected chi connectivity index (χ2v) is 8.00. The molecule has 1 aliphatic heterocycles. The molecule has 3 rings (SSSR count). The summed E-state index contributed by atoms with van der Waals surface area (Å²) < 4.78 is 19.2. The molecule has 1 fully saturated rings. The SMILES string of the molecule is Cc1ccc(F)cc1CNCc1cccc(OC[C@H](O)CN2CCCCCC2)c1. The van der Waals surface area contributed by atoms with Gasteiger partial charge in [0.25, 0.3) is 0 Å². The van der Waals surface area contributed by atoms with Crippen LogP contribution < -0.4 is 10.1 Å². The van der Waals surface area contributed by atoms with Gasteiger partial charge in [0.15, 0.2) is 0 Å². The van der Waals surface area contributed by atoms with E-state index in [0.717, 1.165) is 35.5 Å². The van der Waals surface area contributed by atoms with Crippen LogP contribution in [0.15, 0.2) is 42.5 Å². The molecule has 0 spiro atoms. The molecule has 1 atom stereocenters. The third-order valence-corrected chi connectivity index (χ3v) is 5.46. The van der Waals surface area contributed by atoms with E-state index in [-0.39, 0.29) is 5.82 Å². The van der Waals surface area contributed by atoms with Crippen LogP contribution in [0.2, 0.25) is 0 Å². The lowest BCUT2D eigenvalue weighted by atomic mass is 10.1. The first-order chi connectivity index (χ1) is 14.1. The van der Waals surface area contributed by atoms with Crippen molar-refractivity contribution < 1.29 is 14.2 Å². The summed E-state index contributed by atoms with van der Waals surface area (Å²) in [5, 5.41) is 13.7. The molecule has 0 bridgehead atoms. The van der Waals surface area contributed by atoms with Crippen LogP contribution >= 0.6 is 0 Å². The van der Waals surface area contributed by atoms with E-state index in [4.69, 9.17) is 4.74 Å². The van der Waals surface area contributed by atoms with E-state index in [9.17, 15) is 9.50 Å². The minimum atomic E-state index is -0.481. The fourth-order valence-corrected chi connectivity index (χ4v) is 3.78. The maximum atomic E-state index is 13.4. The Morgan fingerprint density at radius 2 is 1.86 bits per heavy atom. The molecule has 2 aromatic rings. The van der Waals surface area contributed by atoms with E-state index in [1.807, 2.05) is 31.2 Å². The van der Waals surface area contributed by atoms with Gasteiger partial charge in [-0.3, -0.25) is 0 Å². The number of nitrogens with zero attached hydrogens (tertiary/aromatic N) is 1. The van der Waals surface area contributed by atoms with E-state index < -0.39 is 6.10 Å². The van der Waals surface area contributed by atoms with Crippen molar-refractivity contribution in [3.63, 3.8) is 0 Å². The van der Waals surface area contributed by atoms with Crippen molar-refractivity contribution in [2.75, 3.05) is 26.2 Å². The highest BCUT2D eigenvalue weighted by Gasteiger charge is 2.14. The van der Waals surface area contributed by atoms with Crippen molar-refractivity contribution in [3.8, 4) is 5.75 Å². The van der Waals surface area contributed by atoms with Gasteiger partial charge in [0.05, 0.1) is 0 Å². The second-order valence-electron chi connectivity index (χ2n) is 8.00. The maximum absolute atomic E-state index is 13.4. The molecular formula is C24H33FN2O2. The topological polar surface area (TPSA) is 44.7 Å². The lowest BCUT2D eigenvalue weighted by Crippen LogP contribution is -2.36. The Bertz CT molecular complexity index is 760. The van der Waals surface area contributed by atoms with Gasteiger partial charge in [-0.05, 0) is 73.8 Å². The molecular weight excluding hydrogens is 367 g/mol. The number of nitrogens with one attached hydrogen (secondary N) is 1. The van der Waals surface area contributed by atoms with E-state index >= 15 is 0 Å². The molecule has 1 saturated heterocycles. The summed E-state index contributed by atoms with van der Waals surface area (Å²) in [5.41, 5.74) is 3.14.